The highest BCUT2D eigenvalue weighted by Crippen LogP contribution is 2.31. The van der Waals surface area contributed by atoms with Crippen LogP contribution in [0.1, 0.15) is 30.9 Å². The van der Waals surface area contributed by atoms with Crippen molar-refractivity contribution >= 4 is 40.4 Å². The zero-order chi connectivity index (χ0) is 24.1. The maximum atomic E-state index is 12.4. The molecular formula is C23H26N6O5. The third-order valence-corrected chi connectivity index (χ3v) is 5.82. The zero-order valence-electron chi connectivity index (χ0n) is 18.5. The maximum Gasteiger partial charge on any atom is 0.325 e. The molecule has 0 saturated carbocycles. The highest BCUT2D eigenvalue weighted by Gasteiger charge is 2.31. The molecule has 1 saturated heterocycles. The SMILES string of the molecule is O=C(O)CCC(=O)Nc1ccc2[nH]cc(C(C(=O)O)N3CCCN(c4ncccn4)CC3)c2c1. The van der Waals surface area contributed by atoms with Crippen LogP contribution in [0.4, 0.5) is 11.6 Å². The highest BCUT2D eigenvalue weighted by atomic mass is 16.4. The number of H-pyrrole nitrogens is 1. The van der Waals surface area contributed by atoms with Crippen molar-refractivity contribution in [1.82, 2.24) is 19.9 Å². The Hall–Kier alpha value is -3.99. The van der Waals surface area contributed by atoms with Crippen molar-refractivity contribution in [2.24, 2.45) is 0 Å². The van der Waals surface area contributed by atoms with Crippen LogP contribution in [0.2, 0.25) is 0 Å². The summed E-state index contributed by atoms with van der Waals surface area (Å²) in [5, 5.41) is 22.3. The number of anilines is 2. The summed E-state index contributed by atoms with van der Waals surface area (Å²) < 4.78 is 0. The Labute approximate surface area is 195 Å². The smallest absolute Gasteiger partial charge is 0.325 e. The number of nitrogens with zero attached hydrogens (tertiary/aromatic N) is 4. The van der Waals surface area contributed by atoms with Gasteiger partial charge in [-0.05, 0) is 30.7 Å². The van der Waals surface area contributed by atoms with Gasteiger partial charge in [0.25, 0.3) is 0 Å². The Bertz CT molecular complexity index is 1180. The van der Waals surface area contributed by atoms with Gasteiger partial charge in [-0.25, -0.2) is 9.97 Å². The lowest BCUT2D eigenvalue weighted by atomic mass is 10.0. The molecule has 0 bridgehead atoms. The fourth-order valence-electron chi connectivity index (χ4n) is 4.23. The zero-order valence-corrected chi connectivity index (χ0v) is 18.5. The molecule has 1 atom stereocenters. The summed E-state index contributed by atoms with van der Waals surface area (Å²) in [4.78, 5) is 50.9. The molecule has 11 nitrogen and oxygen atoms in total. The number of carbonyl (C=O) groups is 3. The van der Waals surface area contributed by atoms with Crippen molar-refractivity contribution in [3.63, 3.8) is 0 Å². The van der Waals surface area contributed by atoms with Gasteiger partial charge in [0.05, 0.1) is 6.42 Å². The largest absolute Gasteiger partial charge is 0.481 e. The van der Waals surface area contributed by atoms with Gasteiger partial charge in [0.15, 0.2) is 0 Å². The Morgan fingerprint density at radius 2 is 1.85 bits per heavy atom. The number of carbonyl (C=O) groups excluding carboxylic acids is 1. The standard InChI is InChI=1S/C23H26N6O5/c30-19(5-6-20(31)32)27-15-3-4-18-16(13-15)17(14-26-18)21(22(33)34)28-9-2-10-29(12-11-28)23-24-7-1-8-25-23/h1,3-4,7-8,13-14,21,26H,2,5-6,9-12H2,(H,27,30)(H,31,32)(H,33,34). The number of hydrogen-bond donors (Lipinski definition) is 4. The summed E-state index contributed by atoms with van der Waals surface area (Å²) in [6.07, 6.45) is 5.44. The molecule has 1 unspecified atom stereocenters. The molecule has 0 radical (unpaired) electrons. The van der Waals surface area contributed by atoms with Crippen molar-refractivity contribution in [3.8, 4) is 0 Å². The van der Waals surface area contributed by atoms with Crippen LogP contribution in [0, 0.1) is 0 Å². The van der Waals surface area contributed by atoms with Gasteiger partial charge in [-0.15, -0.1) is 0 Å². The van der Waals surface area contributed by atoms with Gasteiger partial charge in [0, 0.05) is 73.3 Å². The summed E-state index contributed by atoms with van der Waals surface area (Å²) >= 11 is 0. The number of aliphatic carboxylic acids is 2. The molecule has 11 heteroatoms. The van der Waals surface area contributed by atoms with Gasteiger partial charge in [0.2, 0.25) is 11.9 Å². The minimum absolute atomic E-state index is 0.138. The normalized spacial score (nSPS) is 15.6. The highest BCUT2D eigenvalue weighted by molar-refractivity contribution is 5.96. The lowest BCUT2D eigenvalue weighted by Gasteiger charge is -2.27. The molecule has 1 amide bonds. The average molecular weight is 466 g/mol. The van der Waals surface area contributed by atoms with E-state index in [1.54, 1.807) is 42.9 Å². The van der Waals surface area contributed by atoms with E-state index < -0.39 is 23.9 Å². The van der Waals surface area contributed by atoms with Crippen molar-refractivity contribution in [2.75, 3.05) is 36.4 Å². The van der Waals surface area contributed by atoms with Crippen LogP contribution in [-0.2, 0) is 14.4 Å². The minimum Gasteiger partial charge on any atom is -0.481 e. The first-order chi connectivity index (χ1) is 16.4. The number of benzene rings is 1. The molecule has 4 N–H and O–H groups in total. The molecule has 1 aliphatic rings. The second-order valence-electron chi connectivity index (χ2n) is 8.11. The summed E-state index contributed by atoms with van der Waals surface area (Å²) in [7, 11) is 0. The molecule has 34 heavy (non-hydrogen) atoms. The van der Waals surface area contributed by atoms with Gasteiger partial charge in [-0.2, -0.15) is 0 Å². The van der Waals surface area contributed by atoms with Crippen molar-refractivity contribution in [1.29, 1.82) is 0 Å². The van der Waals surface area contributed by atoms with E-state index in [2.05, 4.69) is 25.2 Å². The predicted molar refractivity (Wildman–Crippen MR) is 125 cm³/mol. The first kappa shape index (κ1) is 23.2. The van der Waals surface area contributed by atoms with Gasteiger partial charge in [-0.3, -0.25) is 19.3 Å². The lowest BCUT2D eigenvalue weighted by Crippen LogP contribution is -2.37. The molecule has 3 aromatic rings. The van der Waals surface area contributed by atoms with E-state index in [4.69, 9.17) is 5.11 Å². The fourth-order valence-corrected chi connectivity index (χ4v) is 4.23. The quantitative estimate of drug-likeness (QED) is 0.391. The van der Waals surface area contributed by atoms with E-state index in [1.165, 1.54) is 0 Å². The van der Waals surface area contributed by atoms with E-state index in [0.717, 1.165) is 18.5 Å². The molecule has 1 aliphatic heterocycles. The monoisotopic (exact) mass is 466 g/mol. The van der Waals surface area contributed by atoms with Crippen LogP contribution < -0.4 is 10.2 Å². The van der Waals surface area contributed by atoms with E-state index in [0.29, 0.717) is 42.2 Å². The van der Waals surface area contributed by atoms with Gasteiger partial charge in [-0.1, -0.05) is 0 Å². The van der Waals surface area contributed by atoms with Crippen LogP contribution >= 0.6 is 0 Å². The van der Waals surface area contributed by atoms with Crippen molar-refractivity contribution in [3.05, 3.63) is 48.4 Å². The van der Waals surface area contributed by atoms with E-state index in [-0.39, 0.29) is 12.8 Å². The van der Waals surface area contributed by atoms with Crippen molar-refractivity contribution < 1.29 is 24.6 Å². The second-order valence-corrected chi connectivity index (χ2v) is 8.11. The maximum absolute atomic E-state index is 12.4. The summed E-state index contributed by atoms with van der Waals surface area (Å²) in [6.45, 7) is 2.44. The molecule has 1 fully saturated rings. The van der Waals surface area contributed by atoms with Crippen LogP contribution in [-0.4, -0.2) is 74.1 Å². The van der Waals surface area contributed by atoms with Crippen LogP contribution in [0.3, 0.4) is 0 Å². The summed E-state index contributed by atoms with van der Waals surface area (Å²) in [5.41, 5.74) is 1.84. The Morgan fingerprint density at radius 3 is 2.59 bits per heavy atom. The Balaban J connectivity index is 1.55. The second kappa shape index (κ2) is 10.3. The number of nitrogens with one attached hydrogen (secondary N) is 2. The van der Waals surface area contributed by atoms with E-state index >= 15 is 0 Å². The topological polar surface area (TPSA) is 152 Å². The van der Waals surface area contributed by atoms with Crippen LogP contribution in [0.5, 0.6) is 0 Å². The van der Waals surface area contributed by atoms with Gasteiger partial charge < -0.3 is 25.4 Å². The molecular weight excluding hydrogens is 440 g/mol. The third kappa shape index (κ3) is 5.31. The fraction of sp³-hybridized carbons (Fsp3) is 0.348. The molecule has 2 aromatic heterocycles. The third-order valence-electron chi connectivity index (χ3n) is 5.82. The Kier molecular flexibility index (Phi) is 7.02. The minimum atomic E-state index is -1.04. The number of carboxylic acids is 2. The summed E-state index contributed by atoms with van der Waals surface area (Å²) in [5.74, 6) is -1.78. The van der Waals surface area contributed by atoms with Crippen LogP contribution in [0.15, 0.2) is 42.9 Å². The van der Waals surface area contributed by atoms with Gasteiger partial charge >= 0.3 is 11.9 Å². The van der Waals surface area contributed by atoms with Crippen LogP contribution in [0.25, 0.3) is 10.9 Å². The lowest BCUT2D eigenvalue weighted by molar-refractivity contribution is -0.143. The molecule has 178 valence electrons. The van der Waals surface area contributed by atoms with E-state index in [9.17, 15) is 19.5 Å². The first-order valence-corrected chi connectivity index (χ1v) is 11.0. The Morgan fingerprint density at radius 1 is 1.06 bits per heavy atom. The number of fused-ring (bicyclic) bond motifs is 1. The number of hydrogen-bond acceptors (Lipinski definition) is 7. The van der Waals surface area contributed by atoms with E-state index in [1.807, 2.05) is 4.90 Å². The number of carboxylic acid groups (broad SMARTS) is 2. The number of rotatable bonds is 8. The number of aromatic nitrogens is 3. The molecule has 4 rings (SSSR count). The van der Waals surface area contributed by atoms with Crippen molar-refractivity contribution in [2.45, 2.75) is 25.3 Å². The predicted octanol–water partition coefficient (Wildman–Crippen LogP) is 2.10. The molecule has 0 spiro atoms. The summed E-state index contributed by atoms with van der Waals surface area (Å²) in [6, 6.07) is 6.07. The van der Waals surface area contributed by atoms with Gasteiger partial charge in [0.1, 0.15) is 6.04 Å². The number of amides is 1. The molecule has 1 aromatic carbocycles. The number of aromatic amines is 1. The average Bonchev–Trinajstić information content (AvgIpc) is 3.06. The first-order valence-electron chi connectivity index (χ1n) is 11.0. The molecule has 3 heterocycles. The molecule has 0 aliphatic carbocycles.